The van der Waals surface area contributed by atoms with Gasteiger partial charge in [0.25, 0.3) is 5.91 Å². The number of nitrogens with one attached hydrogen (secondary N) is 3. The lowest BCUT2D eigenvalue weighted by atomic mass is 10.1. The maximum atomic E-state index is 12.5. The first-order valence-corrected chi connectivity index (χ1v) is 11.0. The van der Waals surface area contributed by atoms with E-state index in [9.17, 15) is 4.79 Å². The van der Waals surface area contributed by atoms with Crippen molar-refractivity contribution in [1.82, 2.24) is 21.1 Å². The summed E-state index contributed by atoms with van der Waals surface area (Å²) in [5, 5.41) is 13.7. The van der Waals surface area contributed by atoms with Crippen LogP contribution in [0, 0.1) is 0 Å². The fourth-order valence-corrected chi connectivity index (χ4v) is 3.65. The van der Waals surface area contributed by atoms with Gasteiger partial charge in [0, 0.05) is 50.8 Å². The van der Waals surface area contributed by atoms with Gasteiger partial charge >= 0.3 is 0 Å². The topological polar surface area (TPSA) is 101 Å². The summed E-state index contributed by atoms with van der Waals surface area (Å²) in [4.78, 5) is 16.8. The number of aliphatic imine (C=N–C) groups is 1. The Hall–Kier alpha value is -2.14. The van der Waals surface area contributed by atoms with Gasteiger partial charge in [0.05, 0.1) is 11.8 Å². The van der Waals surface area contributed by atoms with Crippen molar-refractivity contribution < 1.29 is 14.1 Å². The van der Waals surface area contributed by atoms with E-state index in [2.05, 4.69) is 39.9 Å². The minimum atomic E-state index is -0.0773. The average Bonchev–Trinajstić information content (AvgIpc) is 3.47. The molecule has 1 aliphatic rings. The molecule has 0 radical (unpaired) electrons. The second kappa shape index (κ2) is 13.4. The molecule has 1 aliphatic heterocycles. The number of hydrogen-bond donors (Lipinski definition) is 3. The Balaban J connectivity index is 0.00000363. The molecule has 1 amide bonds. The predicted molar refractivity (Wildman–Crippen MR) is 135 cm³/mol. The van der Waals surface area contributed by atoms with Crippen LogP contribution in [0.2, 0.25) is 0 Å². The highest BCUT2D eigenvalue weighted by atomic mass is 127. The van der Waals surface area contributed by atoms with Crippen LogP contribution in [0.25, 0.3) is 0 Å². The summed E-state index contributed by atoms with van der Waals surface area (Å²) in [5.41, 5.74) is 3.71. The Kier molecular flexibility index (Phi) is 10.9. The van der Waals surface area contributed by atoms with Gasteiger partial charge in [-0.1, -0.05) is 31.1 Å². The Bertz CT molecular complexity index is 872. The summed E-state index contributed by atoms with van der Waals surface area (Å²) in [7, 11) is 1.74. The molecule has 0 saturated carbocycles. The Morgan fingerprint density at radius 1 is 1.19 bits per heavy atom. The highest BCUT2D eigenvalue weighted by molar-refractivity contribution is 14.0. The molecule has 8 nitrogen and oxygen atoms in total. The van der Waals surface area contributed by atoms with Gasteiger partial charge in [-0.05, 0) is 37.0 Å². The fourth-order valence-electron chi connectivity index (χ4n) is 3.65. The highest BCUT2D eigenvalue weighted by Crippen LogP contribution is 2.15. The van der Waals surface area contributed by atoms with Gasteiger partial charge in [-0.25, -0.2) is 0 Å². The van der Waals surface area contributed by atoms with Crippen molar-refractivity contribution in [2.75, 3.05) is 20.2 Å². The van der Waals surface area contributed by atoms with Crippen LogP contribution in [0.5, 0.6) is 0 Å². The largest absolute Gasteiger partial charge is 0.376 e. The fraction of sp³-hybridized carbons (Fsp3) is 0.522. The van der Waals surface area contributed by atoms with Crippen molar-refractivity contribution in [3.05, 3.63) is 52.4 Å². The molecule has 1 aromatic carbocycles. The molecule has 0 spiro atoms. The second-order valence-corrected chi connectivity index (χ2v) is 7.56. The molecule has 1 fully saturated rings. The van der Waals surface area contributed by atoms with E-state index in [1.54, 1.807) is 7.05 Å². The molecule has 3 N–H and O–H groups in total. The summed E-state index contributed by atoms with van der Waals surface area (Å²) in [6.07, 6.45) is 3.83. The lowest BCUT2D eigenvalue weighted by molar-refractivity contribution is 0.0857. The number of hydrogen-bond acceptors (Lipinski definition) is 5. The quantitative estimate of drug-likeness (QED) is 0.250. The molecular weight excluding hydrogens is 521 g/mol. The molecule has 9 heteroatoms. The Morgan fingerprint density at radius 2 is 2.00 bits per heavy atom. The highest BCUT2D eigenvalue weighted by Gasteiger charge is 2.17. The predicted octanol–water partition coefficient (Wildman–Crippen LogP) is 3.19. The number of nitrogens with zero attached hydrogens (tertiary/aromatic N) is 2. The zero-order valence-corrected chi connectivity index (χ0v) is 21.4. The standard InChI is InChI=1S/C23H33N5O3.HI/c1-4-20-19(21(5-2)31-28-20)15-27-23(24-3)26-13-16-8-6-9-17(12-16)22(29)25-14-18-10-7-11-30-18;/h6,8-9,12,18H,4-5,7,10-11,13-15H2,1-3H3,(H,25,29)(H2,24,26,27);1H. The number of carbonyl (C=O) groups excluding carboxylic acids is 1. The molecular formula is C23H34IN5O3. The molecule has 2 heterocycles. The molecule has 0 bridgehead atoms. The number of rotatable bonds is 9. The molecule has 1 unspecified atom stereocenters. The first-order valence-electron chi connectivity index (χ1n) is 11.0. The van der Waals surface area contributed by atoms with Gasteiger partial charge in [0.15, 0.2) is 5.96 Å². The van der Waals surface area contributed by atoms with Crippen molar-refractivity contribution in [3.63, 3.8) is 0 Å². The molecule has 2 aromatic rings. The van der Waals surface area contributed by atoms with Gasteiger partial charge in [0.2, 0.25) is 0 Å². The molecule has 1 aromatic heterocycles. The summed E-state index contributed by atoms with van der Waals surface area (Å²) in [5.74, 6) is 1.51. The van der Waals surface area contributed by atoms with Gasteiger partial charge in [0.1, 0.15) is 5.76 Å². The van der Waals surface area contributed by atoms with Gasteiger partial charge in [-0.2, -0.15) is 0 Å². The van der Waals surface area contributed by atoms with Crippen LogP contribution < -0.4 is 16.0 Å². The summed E-state index contributed by atoms with van der Waals surface area (Å²) < 4.78 is 11.0. The first kappa shape index (κ1) is 26.1. The van der Waals surface area contributed by atoms with Crippen LogP contribution in [0.3, 0.4) is 0 Å². The van der Waals surface area contributed by atoms with Crippen molar-refractivity contribution >= 4 is 35.8 Å². The van der Waals surface area contributed by atoms with Crippen LogP contribution in [0.1, 0.15) is 59.6 Å². The lowest BCUT2D eigenvalue weighted by Gasteiger charge is -2.13. The van der Waals surface area contributed by atoms with Crippen molar-refractivity contribution in [3.8, 4) is 0 Å². The minimum Gasteiger partial charge on any atom is -0.376 e. The summed E-state index contributed by atoms with van der Waals surface area (Å²) in [6, 6.07) is 7.61. The van der Waals surface area contributed by atoms with Crippen LogP contribution in [0.15, 0.2) is 33.8 Å². The Morgan fingerprint density at radius 3 is 2.69 bits per heavy atom. The first-order chi connectivity index (χ1) is 15.1. The average molecular weight is 555 g/mol. The summed E-state index contributed by atoms with van der Waals surface area (Å²) in [6.45, 7) is 6.62. The lowest BCUT2D eigenvalue weighted by Crippen LogP contribution is -2.36. The maximum absolute atomic E-state index is 12.5. The molecule has 3 rings (SSSR count). The second-order valence-electron chi connectivity index (χ2n) is 7.56. The van der Waals surface area contributed by atoms with Crippen molar-refractivity contribution in [1.29, 1.82) is 0 Å². The van der Waals surface area contributed by atoms with E-state index >= 15 is 0 Å². The number of halogens is 1. The van der Waals surface area contributed by atoms with Gasteiger partial charge in [-0.15, -0.1) is 24.0 Å². The van der Waals surface area contributed by atoms with Crippen molar-refractivity contribution in [2.24, 2.45) is 4.99 Å². The van der Waals surface area contributed by atoms with E-state index in [1.165, 1.54) is 0 Å². The normalized spacial score (nSPS) is 15.8. The molecule has 32 heavy (non-hydrogen) atoms. The van der Waals surface area contributed by atoms with E-state index in [4.69, 9.17) is 9.26 Å². The smallest absolute Gasteiger partial charge is 0.251 e. The van der Waals surface area contributed by atoms with E-state index in [0.29, 0.717) is 31.2 Å². The number of aryl methyl sites for hydroxylation is 2. The van der Waals surface area contributed by atoms with Crippen LogP contribution >= 0.6 is 24.0 Å². The zero-order valence-electron chi connectivity index (χ0n) is 19.1. The minimum absolute atomic E-state index is 0. The maximum Gasteiger partial charge on any atom is 0.251 e. The molecule has 0 aliphatic carbocycles. The third kappa shape index (κ3) is 7.19. The van der Waals surface area contributed by atoms with Crippen LogP contribution in [-0.4, -0.2) is 43.3 Å². The zero-order chi connectivity index (χ0) is 22.1. The van der Waals surface area contributed by atoms with E-state index in [1.807, 2.05) is 24.3 Å². The molecule has 176 valence electrons. The van der Waals surface area contributed by atoms with E-state index in [-0.39, 0.29) is 36.0 Å². The summed E-state index contributed by atoms with van der Waals surface area (Å²) >= 11 is 0. The monoisotopic (exact) mass is 555 g/mol. The molecule has 1 atom stereocenters. The number of guanidine groups is 1. The van der Waals surface area contributed by atoms with Crippen molar-refractivity contribution in [2.45, 2.75) is 58.7 Å². The number of amides is 1. The third-order valence-corrected chi connectivity index (χ3v) is 5.43. The molecule has 1 saturated heterocycles. The number of aromatic nitrogens is 1. The number of ether oxygens (including phenoxy) is 1. The SMILES string of the molecule is CCc1noc(CC)c1CNC(=NC)NCc1cccc(C(=O)NCC2CCCO2)c1.I. The van der Waals surface area contributed by atoms with Crippen LogP contribution in [-0.2, 0) is 30.7 Å². The third-order valence-electron chi connectivity index (χ3n) is 5.43. The van der Waals surface area contributed by atoms with Gasteiger partial charge in [-0.3, -0.25) is 9.79 Å². The number of benzene rings is 1. The van der Waals surface area contributed by atoms with Gasteiger partial charge < -0.3 is 25.2 Å². The van der Waals surface area contributed by atoms with Crippen LogP contribution in [0.4, 0.5) is 0 Å². The Labute approximate surface area is 207 Å². The number of carbonyl (C=O) groups is 1. The van der Waals surface area contributed by atoms with E-state index < -0.39 is 0 Å². The van der Waals surface area contributed by atoms with E-state index in [0.717, 1.165) is 54.9 Å².